The summed E-state index contributed by atoms with van der Waals surface area (Å²) in [5, 5.41) is 8.96. The van der Waals surface area contributed by atoms with E-state index < -0.39 is 0 Å². The van der Waals surface area contributed by atoms with Crippen molar-refractivity contribution in [2.45, 2.75) is 0 Å². The molecule has 132 valence electrons. The minimum Gasteiger partial charge on any atom is -0.395 e. The van der Waals surface area contributed by atoms with Gasteiger partial charge in [-0.05, 0) is 7.05 Å². The molecule has 0 bridgehead atoms. The zero-order chi connectivity index (χ0) is 16.8. The largest absolute Gasteiger partial charge is 0.395 e. The molecule has 8 nitrogen and oxygen atoms in total. The van der Waals surface area contributed by atoms with Gasteiger partial charge < -0.3 is 20.6 Å². The van der Waals surface area contributed by atoms with E-state index in [0.717, 1.165) is 32.7 Å². The molecule has 2 saturated heterocycles. The van der Waals surface area contributed by atoms with E-state index in [2.05, 4.69) is 14.7 Å². The summed E-state index contributed by atoms with van der Waals surface area (Å²) in [5.74, 6) is -0.566. The molecular formula is C15H29N5O3. The summed E-state index contributed by atoms with van der Waals surface area (Å²) in [7, 11) is 1.95. The summed E-state index contributed by atoms with van der Waals surface area (Å²) in [5.41, 5.74) is 5.45. The average Bonchev–Trinajstić information content (AvgIpc) is 2.71. The molecular weight excluding hydrogens is 298 g/mol. The number of piperazine rings is 1. The summed E-state index contributed by atoms with van der Waals surface area (Å²) in [6.45, 7) is 7.11. The summed E-state index contributed by atoms with van der Waals surface area (Å²) in [4.78, 5) is 32.3. The summed E-state index contributed by atoms with van der Waals surface area (Å²) in [6, 6.07) is 0. The van der Waals surface area contributed by atoms with E-state index >= 15 is 0 Å². The lowest BCUT2D eigenvalue weighted by atomic mass is 10.1. The van der Waals surface area contributed by atoms with E-state index in [1.165, 1.54) is 0 Å². The zero-order valence-electron chi connectivity index (χ0n) is 14.0. The van der Waals surface area contributed by atoms with E-state index in [1.807, 2.05) is 7.05 Å². The predicted octanol–water partition coefficient (Wildman–Crippen LogP) is -2.53. The molecule has 2 heterocycles. The molecule has 3 N–H and O–H groups in total. The first-order chi connectivity index (χ1) is 11.0. The number of carbonyl (C=O) groups excluding carboxylic acids is 2. The molecule has 2 aliphatic heterocycles. The van der Waals surface area contributed by atoms with Gasteiger partial charge in [0.25, 0.3) is 0 Å². The normalized spacial score (nSPS) is 25.3. The molecule has 1 atom stereocenters. The standard InChI is InChI=1S/C15H29N5O3/c1-17-2-7-20(11-13(10-17)15(16)23)14(22)12-19-5-3-18(4-6-19)8-9-21/h13,21H,2-12H2,1H3,(H2,16,23)/t13-/m1/s1. The Kier molecular flexibility index (Phi) is 6.76. The van der Waals surface area contributed by atoms with Gasteiger partial charge in [-0.15, -0.1) is 0 Å². The summed E-state index contributed by atoms with van der Waals surface area (Å²) in [6.07, 6.45) is 0. The van der Waals surface area contributed by atoms with Crippen LogP contribution in [0.15, 0.2) is 0 Å². The fourth-order valence-electron chi connectivity index (χ4n) is 3.18. The molecule has 8 heteroatoms. The maximum absolute atomic E-state index is 12.6. The van der Waals surface area contributed by atoms with Crippen molar-refractivity contribution < 1.29 is 14.7 Å². The molecule has 2 aliphatic rings. The van der Waals surface area contributed by atoms with Gasteiger partial charge in [0.2, 0.25) is 11.8 Å². The summed E-state index contributed by atoms with van der Waals surface area (Å²) < 4.78 is 0. The van der Waals surface area contributed by atoms with E-state index in [4.69, 9.17) is 10.8 Å². The van der Waals surface area contributed by atoms with E-state index in [-0.39, 0.29) is 24.3 Å². The lowest BCUT2D eigenvalue weighted by Gasteiger charge is -2.35. The fraction of sp³-hybridized carbons (Fsp3) is 0.867. The minimum absolute atomic E-state index is 0.0714. The molecule has 0 unspecified atom stereocenters. The van der Waals surface area contributed by atoms with Crippen LogP contribution in [0.25, 0.3) is 0 Å². The number of rotatable bonds is 5. The molecule has 23 heavy (non-hydrogen) atoms. The van der Waals surface area contributed by atoms with Crippen molar-refractivity contribution >= 4 is 11.8 Å². The van der Waals surface area contributed by atoms with Gasteiger partial charge in [-0.1, -0.05) is 0 Å². The number of carbonyl (C=O) groups is 2. The Bertz CT molecular complexity index is 412. The number of likely N-dealkylation sites (N-methyl/N-ethyl adjacent to an activating group) is 1. The molecule has 0 aromatic rings. The minimum atomic E-state index is -0.339. The number of nitrogens with two attached hydrogens (primary N) is 1. The Balaban J connectivity index is 1.83. The monoisotopic (exact) mass is 327 g/mol. The molecule has 0 aromatic heterocycles. The second-order valence-electron chi connectivity index (χ2n) is 6.54. The number of hydrogen-bond acceptors (Lipinski definition) is 6. The molecule has 2 fully saturated rings. The van der Waals surface area contributed by atoms with Crippen LogP contribution in [0.2, 0.25) is 0 Å². The van der Waals surface area contributed by atoms with Gasteiger partial charge in [0.05, 0.1) is 19.1 Å². The molecule has 0 spiro atoms. The predicted molar refractivity (Wildman–Crippen MR) is 86.7 cm³/mol. The van der Waals surface area contributed by atoms with Crippen LogP contribution in [0.4, 0.5) is 0 Å². The van der Waals surface area contributed by atoms with Crippen LogP contribution in [-0.2, 0) is 9.59 Å². The molecule has 0 radical (unpaired) electrons. The van der Waals surface area contributed by atoms with Crippen molar-refractivity contribution in [3.05, 3.63) is 0 Å². The van der Waals surface area contributed by atoms with Crippen LogP contribution in [0.3, 0.4) is 0 Å². The Morgan fingerprint density at radius 3 is 2.30 bits per heavy atom. The Morgan fingerprint density at radius 2 is 1.70 bits per heavy atom. The van der Waals surface area contributed by atoms with Crippen LogP contribution >= 0.6 is 0 Å². The first kappa shape index (κ1) is 18.1. The fourth-order valence-corrected chi connectivity index (χ4v) is 3.18. The summed E-state index contributed by atoms with van der Waals surface area (Å²) >= 11 is 0. The van der Waals surface area contributed by atoms with Crippen LogP contribution in [0, 0.1) is 5.92 Å². The molecule has 2 amide bonds. The average molecular weight is 327 g/mol. The van der Waals surface area contributed by atoms with Crippen molar-refractivity contribution in [3.63, 3.8) is 0 Å². The lowest BCUT2D eigenvalue weighted by Crippen LogP contribution is -2.51. The highest BCUT2D eigenvalue weighted by Gasteiger charge is 2.28. The Labute approximate surface area is 137 Å². The van der Waals surface area contributed by atoms with E-state index in [9.17, 15) is 9.59 Å². The quantitative estimate of drug-likeness (QED) is 0.579. The van der Waals surface area contributed by atoms with Crippen molar-refractivity contribution in [1.82, 2.24) is 19.6 Å². The molecule has 0 aromatic carbocycles. The smallest absolute Gasteiger partial charge is 0.236 e. The van der Waals surface area contributed by atoms with Crippen LogP contribution in [0.1, 0.15) is 0 Å². The van der Waals surface area contributed by atoms with Crippen molar-refractivity contribution in [1.29, 1.82) is 0 Å². The first-order valence-corrected chi connectivity index (χ1v) is 8.30. The topological polar surface area (TPSA) is 93.3 Å². The van der Waals surface area contributed by atoms with Gasteiger partial charge in [-0.25, -0.2) is 0 Å². The number of hydrogen-bond donors (Lipinski definition) is 2. The lowest BCUT2D eigenvalue weighted by molar-refractivity contribution is -0.134. The third-order valence-corrected chi connectivity index (χ3v) is 4.72. The molecule has 0 saturated carbocycles. The van der Waals surface area contributed by atoms with Crippen LogP contribution in [0.5, 0.6) is 0 Å². The highest BCUT2D eigenvalue weighted by atomic mass is 16.3. The van der Waals surface area contributed by atoms with Gasteiger partial charge >= 0.3 is 0 Å². The maximum Gasteiger partial charge on any atom is 0.236 e. The number of primary amides is 1. The number of aliphatic hydroxyl groups is 1. The zero-order valence-corrected chi connectivity index (χ0v) is 14.0. The van der Waals surface area contributed by atoms with Gasteiger partial charge in [0, 0.05) is 58.9 Å². The second kappa shape index (κ2) is 8.58. The number of β-amino-alcohol motifs (C(OH)–C–C–N with tert-alkyl or cyclic N) is 1. The van der Waals surface area contributed by atoms with Gasteiger partial charge in [-0.3, -0.25) is 19.4 Å². The van der Waals surface area contributed by atoms with E-state index in [0.29, 0.717) is 32.7 Å². The molecule has 2 rings (SSSR count). The van der Waals surface area contributed by atoms with Gasteiger partial charge in [-0.2, -0.15) is 0 Å². The first-order valence-electron chi connectivity index (χ1n) is 8.30. The van der Waals surface area contributed by atoms with Crippen molar-refractivity contribution in [3.8, 4) is 0 Å². The maximum atomic E-state index is 12.6. The van der Waals surface area contributed by atoms with Crippen molar-refractivity contribution in [2.75, 3.05) is 79.1 Å². The second-order valence-corrected chi connectivity index (χ2v) is 6.54. The van der Waals surface area contributed by atoms with Gasteiger partial charge in [0.1, 0.15) is 0 Å². The third-order valence-electron chi connectivity index (χ3n) is 4.72. The number of amides is 2. The van der Waals surface area contributed by atoms with Gasteiger partial charge in [0.15, 0.2) is 0 Å². The number of aliphatic hydroxyl groups excluding tert-OH is 1. The Hall–Kier alpha value is -1.22. The number of nitrogens with zero attached hydrogens (tertiary/aromatic N) is 4. The van der Waals surface area contributed by atoms with Crippen LogP contribution < -0.4 is 5.73 Å². The SMILES string of the molecule is CN1CCN(C(=O)CN2CCN(CCO)CC2)C[C@H](C(N)=O)C1. The third kappa shape index (κ3) is 5.42. The molecule has 0 aliphatic carbocycles. The highest BCUT2D eigenvalue weighted by Crippen LogP contribution is 2.10. The Morgan fingerprint density at radius 1 is 1.04 bits per heavy atom. The van der Waals surface area contributed by atoms with Crippen molar-refractivity contribution in [2.24, 2.45) is 11.7 Å². The van der Waals surface area contributed by atoms with E-state index in [1.54, 1.807) is 4.90 Å². The van der Waals surface area contributed by atoms with Crippen LogP contribution in [-0.4, -0.2) is 116 Å². The highest BCUT2D eigenvalue weighted by molar-refractivity contribution is 5.81.